The Morgan fingerprint density at radius 2 is 2.10 bits per heavy atom. The Balaban J connectivity index is 2.15. The van der Waals surface area contributed by atoms with Gasteiger partial charge in [0.1, 0.15) is 5.54 Å². The first-order valence-corrected chi connectivity index (χ1v) is 8.11. The third-order valence-corrected chi connectivity index (χ3v) is 5.41. The first kappa shape index (κ1) is 16.7. The molecule has 5 heteroatoms. The van der Waals surface area contributed by atoms with Gasteiger partial charge in [-0.3, -0.25) is 4.79 Å². The Hall–Kier alpha value is -0.650. The van der Waals surface area contributed by atoms with E-state index in [4.69, 9.17) is 15.2 Å². The third-order valence-electron chi connectivity index (χ3n) is 5.41. The van der Waals surface area contributed by atoms with Gasteiger partial charge in [0.05, 0.1) is 24.9 Å². The number of rotatable bonds is 4. The lowest BCUT2D eigenvalue weighted by molar-refractivity contribution is -0.187. The Morgan fingerprint density at radius 1 is 1.43 bits per heavy atom. The summed E-state index contributed by atoms with van der Waals surface area (Å²) in [5, 5.41) is 0. The molecule has 4 unspecified atom stereocenters. The molecule has 1 aliphatic carbocycles. The van der Waals surface area contributed by atoms with E-state index in [9.17, 15) is 4.79 Å². The molecular weight excluding hydrogens is 268 g/mol. The van der Waals surface area contributed by atoms with E-state index in [1.165, 1.54) is 0 Å². The summed E-state index contributed by atoms with van der Waals surface area (Å²) in [5.74, 6) is 0.0606. The molecule has 1 amide bonds. The first-order valence-electron chi connectivity index (χ1n) is 8.11. The number of carbonyl (C=O) groups excluding carboxylic acids is 1. The maximum Gasteiger partial charge on any atom is 0.243 e. The molecule has 2 aliphatic rings. The van der Waals surface area contributed by atoms with E-state index in [1.54, 1.807) is 0 Å². The normalized spacial score (nSPS) is 39.0. The van der Waals surface area contributed by atoms with Gasteiger partial charge in [-0.1, -0.05) is 20.8 Å². The second-order valence-corrected chi connectivity index (χ2v) is 7.00. The molecule has 122 valence electrons. The predicted molar refractivity (Wildman–Crippen MR) is 81.9 cm³/mol. The van der Waals surface area contributed by atoms with Crippen LogP contribution in [0.3, 0.4) is 0 Å². The van der Waals surface area contributed by atoms with Gasteiger partial charge in [0.15, 0.2) is 0 Å². The second-order valence-electron chi connectivity index (χ2n) is 7.00. The van der Waals surface area contributed by atoms with E-state index < -0.39 is 5.54 Å². The average Bonchev–Trinajstić information content (AvgIpc) is 2.45. The van der Waals surface area contributed by atoms with Gasteiger partial charge in [-0.15, -0.1) is 0 Å². The largest absolute Gasteiger partial charge is 0.378 e. The van der Waals surface area contributed by atoms with Gasteiger partial charge in [-0.25, -0.2) is 0 Å². The van der Waals surface area contributed by atoms with Crippen molar-refractivity contribution in [2.45, 2.75) is 71.2 Å². The molecule has 0 spiro atoms. The van der Waals surface area contributed by atoms with Crippen molar-refractivity contribution >= 4 is 5.91 Å². The van der Waals surface area contributed by atoms with E-state index in [0.29, 0.717) is 26.2 Å². The number of amides is 1. The van der Waals surface area contributed by atoms with Gasteiger partial charge >= 0.3 is 0 Å². The maximum atomic E-state index is 13.1. The quantitative estimate of drug-likeness (QED) is 0.855. The lowest BCUT2D eigenvalue weighted by Gasteiger charge is -2.59. The minimum atomic E-state index is -0.822. The van der Waals surface area contributed by atoms with Crippen LogP contribution in [-0.4, -0.2) is 54.4 Å². The van der Waals surface area contributed by atoms with E-state index in [-0.39, 0.29) is 29.6 Å². The molecule has 5 nitrogen and oxygen atoms in total. The number of carbonyl (C=O) groups is 1. The second kappa shape index (κ2) is 5.86. The first-order chi connectivity index (χ1) is 9.77. The Labute approximate surface area is 128 Å². The van der Waals surface area contributed by atoms with Crippen molar-refractivity contribution in [1.82, 2.24) is 4.90 Å². The molecule has 0 aromatic heterocycles. The fourth-order valence-corrected chi connectivity index (χ4v) is 3.49. The van der Waals surface area contributed by atoms with Crippen LogP contribution in [0.25, 0.3) is 0 Å². The number of hydrogen-bond acceptors (Lipinski definition) is 4. The fourth-order valence-electron chi connectivity index (χ4n) is 3.49. The predicted octanol–water partition coefficient (Wildman–Crippen LogP) is 1.54. The van der Waals surface area contributed by atoms with Crippen LogP contribution in [0.15, 0.2) is 0 Å². The molecule has 0 aromatic rings. The highest BCUT2D eigenvalue weighted by atomic mass is 16.5. The van der Waals surface area contributed by atoms with Crippen molar-refractivity contribution in [3.05, 3.63) is 0 Å². The SMILES string of the molecule is CCOC1CC(N)(C(=O)N2CC(C)OCC2CC)C1(C)C. The van der Waals surface area contributed by atoms with Gasteiger partial charge in [0, 0.05) is 25.0 Å². The fraction of sp³-hybridized carbons (Fsp3) is 0.938. The van der Waals surface area contributed by atoms with Crippen LogP contribution in [0.1, 0.15) is 47.5 Å². The van der Waals surface area contributed by atoms with Crippen LogP contribution in [0.5, 0.6) is 0 Å². The molecular formula is C16H30N2O3. The maximum absolute atomic E-state index is 13.1. The van der Waals surface area contributed by atoms with Crippen LogP contribution in [-0.2, 0) is 14.3 Å². The Bertz CT molecular complexity index is 399. The molecule has 1 saturated heterocycles. The molecule has 1 saturated carbocycles. The lowest BCUT2D eigenvalue weighted by Crippen LogP contribution is -2.77. The number of hydrogen-bond donors (Lipinski definition) is 1. The summed E-state index contributed by atoms with van der Waals surface area (Å²) in [5.41, 5.74) is 5.37. The molecule has 2 fully saturated rings. The highest BCUT2D eigenvalue weighted by Crippen LogP contribution is 2.51. The van der Waals surface area contributed by atoms with Gasteiger partial charge in [-0.2, -0.15) is 0 Å². The van der Waals surface area contributed by atoms with Crippen LogP contribution < -0.4 is 5.73 Å². The van der Waals surface area contributed by atoms with Crippen molar-refractivity contribution in [3.8, 4) is 0 Å². The Kier molecular flexibility index (Phi) is 4.66. The van der Waals surface area contributed by atoms with Gasteiger partial charge in [0.2, 0.25) is 5.91 Å². The van der Waals surface area contributed by atoms with Gasteiger partial charge in [-0.05, 0) is 20.3 Å². The number of nitrogens with zero attached hydrogens (tertiary/aromatic N) is 1. The molecule has 21 heavy (non-hydrogen) atoms. The van der Waals surface area contributed by atoms with Gasteiger partial charge in [0.25, 0.3) is 0 Å². The van der Waals surface area contributed by atoms with Crippen LogP contribution in [0.2, 0.25) is 0 Å². The molecule has 2 rings (SSSR count). The van der Waals surface area contributed by atoms with E-state index in [1.807, 2.05) is 32.6 Å². The summed E-state index contributed by atoms with van der Waals surface area (Å²) >= 11 is 0. The highest BCUT2D eigenvalue weighted by molar-refractivity contribution is 5.89. The van der Waals surface area contributed by atoms with Crippen molar-refractivity contribution in [2.24, 2.45) is 11.1 Å². The summed E-state index contributed by atoms with van der Waals surface area (Å²) in [6.07, 6.45) is 1.64. The third kappa shape index (κ3) is 2.60. The summed E-state index contributed by atoms with van der Waals surface area (Å²) in [4.78, 5) is 15.0. The smallest absolute Gasteiger partial charge is 0.243 e. The summed E-state index contributed by atoms with van der Waals surface area (Å²) in [7, 11) is 0. The van der Waals surface area contributed by atoms with E-state index in [2.05, 4.69) is 6.92 Å². The molecule has 0 bridgehead atoms. The topological polar surface area (TPSA) is 64.8 Å². The highest BCUT2D eigenvalue weighted by Gasteiger charge is 2.64. The Morgan fingerprint density at radius 3 is 2.62 bits per heavy atom. The zero-order valence-electron chi connectivity index (χ0n) is 14.0. The van der Waals surface area contributed by atoms with Crippen molar-refractivity contribution < 1.29 is 14.3 Å². The zero-order chi connectivity index (χ0) is 15.8. The van der Waals surface area contributed by atoms with Crippen molar-refractivity contribution in [1.29, 1.82) is 0 Å². The molecule has 0 aromatic carbocycles. The summed E-state index contributed by atoms with van der Waals surface area (Å²) in [6, 6.07) is 0.135. The monoisotopic (exact) mass is 298 g/mol. The minimum absolute atomic E-state index is 0.0606. The van der Waals surface area contributed by atoms with Crippen LogP contribution >= 0.6 is 0 Å². The standard InChI is InChI=1S/C16H30N2O3/c1-6-12-10-21-11(3)9-18(12)14(19)16(17)8-13(20-7-2)15(16,4)5/h11-13H,6-10,17H2,1-5H3. The lowest BCUT2D eigenvalue weighted by atomic mass is 9.54. The van der Waals surface area contributed by atoms with Crippen molar-refractivity contribution in [3.63, 3.8) is 0 Å². The molecule has 2 N–H and O–H groups in total. The van der Waals surface area contributed by atoms with E-state index >= 15 is 0 Å². The molecule has 4 atom stereocenters. The van der Waals surface area contributed by atoms with Crippen LogP contribution in [0.4, 0.5) is 0 Å². The van der Waals surface area contributed by atoms with E-state index in [0.717, 1.165) is 6.42 Å². The molecule has 1 aliphatic heterocycles. The molecule has 1 heterocycles. The minimum Gasteiger partial charge on any atom is -0.378 e. The summed E-state index contributed by atoms with van der Waals surface area (Å²) < 4.78 is 11.4. The zero-order valence-corrected chi connectivity index (χ0v) is 14.0. The number of ether oxygens (including phenoxy) is 2. The van der Waals surface area contributed by atoms with Crippen molar-refractivity contribution in [2.75, 3.05) is 19.8 Å². The molecule has 0 radical (unpaired) electrons. The summed E-state index contributed by atoms with van der Waals surface area (Å²) in [6.45, 7) is 12.0. The average molecular weight is 298 g/mol. The van der Waals surface area contributed by atoms with Gasteiger partial charge < -0.3 is 20.1 Å². The number of nitrogens with two attached hydrogens (primary N) is 1. The number of morpholine rings is 1. The van der Waals surface area contributed by atoms with Crippen LogP contribution in [0, 0.1) is 5.41 Å².